The van der Waals surface area contributed by atoms with Crippen LogP contribution in [-0.2, 0) is 0 Å². The largest absolute Gasteiger partial charge is 0.478 e. The molecule has 1 fully saturated rings. The Hall–Kier alpha value is -1.82. The summed E-state index contributed by atoms with van der Waals surface area (Å²) in [6, 6.07) is 2.95. The fraction of sp³-hybridized carbons (Fsp3) is 0.500. The highest BCUT2D eigenvalue weighted by Crippen LogP contribution is 2.29. The molecular formula is C14H20FN3O2. The monoisotopic (exact) mass is 281 g/mol. The molecule has 0 bridgehead atoms. The highest BCUT2D eigenvalue weighted by molar-refractivity contribution is 5.91. The van der Waals surface area contributed by atoms with Crippen LogP contribution in [0.5, 0.6) is 0 Å². The zero-order chi connectivity index (χ0) is 14.9. The van der Waals surface area contributed by atoms with E-state index in [1.54, 1.807) is 0 Å². The fourth-order valence-electron chi connectivity index (χ4n) is 2.64. The second kappa shape index (κ2) is 5.66. The molecule has 0 aromatic heterocycles. The van der Waals surface area contributed by atoms with Gasteiger partial charge in [-0.3, -0.25) is 0 Å². The van der Waals surface area contributed by atoms with Crippen molar-refractivity contribution in [2.75, 3.05) is 37.8 Å². The Morgan fingerprint density at radius 3 is 2.50 bits per heavy atom. The van der Waals surface area contributed by atoms with Gasteiger partial charge in [-0.05, 0) is 33.0 Å². The lowest BCUT2D eigenvalue weighted by molar-refractivity contribution is 0.0692. The van der Waals surface area contributed by atoms with Crippen molar-refractivity contribution in [3.05, 3.63) is 23.5 Å². The van der Waals surface area contributed by atoms with E-state index in [9.17, 15) is 9.18 Å². The van der Waals surface area contributed by atoms with Crippen LogP contribution in [-0.4, -0.2) is 49.2 Å². The summed E-state index contributed by atoms with van der Waals surface area (Å²) in [6.45, 7) is 1.58. The first-order valence-electron chi connectivity index (χ1n) is 6.64. The van der Waals surface area contributed by atoms with Crippen molar-refractivity contribution in [2.45, 2.75) is 18.9 Å². The van der Waals surface area contributed by atoms with E-state index >= 15 is 0 Å². The van der Waals surface area contributed by atoms with Gasteiger partial charge in [0.2, 0.25) is 0 Å². The van der Waals surface area contributed by atoms with Crippen LogP contribution in [0.15, 0.2) is 12.1 Å². The number of hydrogen-bond acceptors (Lipinski definition) is 4. The molecule has 0 aliphatic carbocycles. The molecule has 0 spiro atoms. The first-order chi connectivity index (χ1) is 9.40. The molecule has 5 nitrogen and oxygen atoms in total. The third kappa shape index (κ3) is 2.85. The van der Waals surface area contributed by atoms with Crippen LogP contribution in [0.3, 0.4) is 0 Å². The van der Waals surface area contributed by atoms with Crippen molar-refractivity contribution in [3.8, 4) is 0 Å². The molecule has 0 radical (unpaired) electrons. The minimum atomic E-state index is -1.30. The van der Waals surface area contributed by atoms with Crippen molar-refractivity contribution in [1.29, 1.82) is 0 Å². The summed E-state index contributed by atoms with van der Waals surface area (Å²) >= 11 is 0. The van der Waals surface area contributed by atoms with Crippen molar-refractivity contribution < 1.29 is 14.3 Å². The summed E-state index contributed by atoms with van der Waals surface area (Å²) in [5.74, 6) is -2.04. The summed E-state index contributed by atoms with van der Waals surface area (Å²) < 4.78 is 13.8. The Labute approximate surface area is 117 Å². The molecule has 6 heteroatoms. The second-order valence-corrected chi connectivity index (χ2v) is 5.38. The summed E-state index contributed by atoms with van der Waals surface area (Å²) in [4.78, 5) is 15.1. The number of benzene rings is 1. The van der Waals surface area contributed by atoms with Gasteiger partial charge in [-0.15, -0.1) is 0 Å². The van der Waals surface area contributed by atoms with Crippen LogP contribution in [0.2, 0.25) is 0 Å². The molecule has 0 unspecified atom stereocenters. The Bertz CT molecular complexity index is 511. The van der Waals surface area contributed by atoms with E-state index in [1.807, 2.05) is 4.90 Å². The molecule has 3 N–H and O–H groups in total. The molecule has 1 saturated heterocycles. The van der Waals surface area contributed by atoms with Crippen LogP contribution in [0.4, 0.5) is 15.8 Å². The van der Waals surface area contributed by atoms with Crippen LogP contribution in [0.25, 0.3) is 0 Å². The van der Waals surface area contributed by atoms with E-state index in [-0.39, 0.29) is 5.56 Å². The smallest absolute Gasteiger partial charge is 0.338 e. The molecular weight excluding hydrogens is 261 g/mol. The molecule has 1 aliphatic heterocycles. The van der Waals surface area contributed by atoms with Gasteiger partial charge in [0, 0.05) is 25.2 Å². The van der Waals surface area contributed by atoms with Crippen molar-refractivity contribution in [1.82, 2.24) is 4.90 Å². The number of rotatable bonds is 3. The van der Waals surface area contributed by atoms with E-state index in [1.165, 1.54) is 12.1 Å². The summed E-state index contributed by atoms with van der Waals surface area (Å²) in [7, 11) is 4.10. The molecule has 1 aromatic carbocycles. The molecule has 110 valence electrons. The van der Waals surface area contributed by atoms with E-state index < -0.39 is 11.8 Å². The lowest BCUT2D eigenvalue weighted by Gasteiger charge is -2.37. The maximum atomic E-state index is 13.8. The average molecular weight is 281 g/mol. The predicted octanol–water partition coefficient (Wildman–Crippen LogP) is 1.64. The standard InChI is InChI=1S/C14H20FN3O2/c1-17(2)9-3-5-18(6-4-9)13-8-11(15)10(14(19)20)7-12(13)16/h7-9H,3-6,16H2,1-2H3,(H,19,20). The van der Waals surface area contributed by atoms with Gasteiger partial charge in [0.25, 0.3) is 0 Å². The Morgan fingerprint density at radius 1 is 1.40 bits per heavy atom. The van der Waals surface area contributed by atoms with Gasteiger partial charge in [-0.2, -0.15) is 0 Å². The van der Waals surface area contributed by atoms with Gasteiger partial charge in [-0.1, -0.05) is 0 Å². The molecule has 1 aromatic rings. The van der Waals surface area contributed by atoms with E-state index in [2.05, 4.69) is 19.0 Å². The topological polar surface area (TPSA) is 69.8 Å². The van der Waals surface area contributed by atoms with Crippen molar-refractivity contribution in [3.63, 3.8) is 0 Å². The minimum Gasteiger partial charge on any atom is -0.478 e. The van der Waals surface area contributed by atoms with Gasteiger partial charge in [-0.25, -0.2) is 9.18 Å². The van der Waals surface area contributed by atoms with Crippen molar-refractivity contribution in [2.24, 2.45) is 0 Å². The second-order valence-electron chi connectivity index (χ2n) is 5.38. The number of halogens is 1. The number of carboxylic acid groups (broad SMARTS) is 1. The van der Waals surface area contributed by atoms with E-state index in [4.69, 9.17) is 10.8 Å². The highest BCUT2D eigenvalue weighted by Gasteiger charge is 2.23. The summed E-state index contributed by atoms with van der Waals surface area (Å²) in [6.07, 6.45) is 1.96. The SMILES string of the molecule is CN(C)C1CCN(c2cc(F)c(C(=O)O)cc2N)CC1. The van der Waals surface area contributed by atoms with Gasteiger partial charge in [0.1, 0.15) is 5.82 Å². The van der Waals surface area contributed by atoms with Crippen LogP contribution in [0, 0.1) is 5.82 Å². The maximum Gasteiger partial charge on any atom is 0.338 e. The third-order valence-electron chi connectivity index (χ3n) is 3.88. The molecule has 0 amide bonds. The Morgan fingerprint density at radius 2 is 2.00 bits per heavy atom. The molecule has 1 aliphatic rings. The maximum absolute atomic E-state index is 13.8. The van der Waals surface area contributed by atoms with E-state index in [0.29, 0.717) is 17.4 Å². The zero-order valence-electron chi connectivity index (χ0n) is 11.8. The summed E-state index contributed by atoms with van der Waals surface area (Å²) in [5, 5.41) is 8.87. The van der Waals surface area contributed by atoms with Gasteiger partial charge >= 0.3 is 5.97 Å². The first kappa shape index (κ1) is 14.6. The van der Waals surface area contributed by atoms with Crippen molar-refractivity contribution >= 4 is 17.3 Å². The molecule has 2 rings (SSSR count). The first-order valence-corrected chi connectivity index (χ1v) is 6.64. The molecule has 0 saturated carbocycles. The van der Waals surface area contributed by atoms with Crippen LogP contribution < -0.4 is 10.6 Å². The number of piperidine rings is 1. The van der Waals surface area contributed by atoms with Gasteiger partial charge in [0.15, 0.2) is 0 Å². The lowest BCUT2D eigenvalue weighted by atomic mass is 10.0. The third-order valence-corrected chi connectivity index (χ3v) is 3.88. The quantitative estimate of drug-likeness (QED) is 0.824. The zero-order valence-corrected chi connectivity index (χ0v) is 11.8. The summed E-state index contributed by atoms with van der Waals surface area (Å²) in [5.41, 5.74) is 6.39. The predicted molar refractivity (Wildman–Crippen MR) is 76.7 cm³/mol. The molecule has 0 atom stereocenters. The number of aromatic carboxylic acids is 1. The fourth-order valence-corrected chi connectivity index (χ4v) is 2.64. The number of hydrogen-bond donors (Lipinski definition) is 2. The Balaban J connectivity index is 2.18. The number of nitrogen functional groups attached to an aromatic ring is 1. The number of carbonyl (C=O) groups is 1. The van der Waals surface area contributed by atoms with E-state index in [0.717, 1.165) is 25.9 Å². The van der Waals surface area contributed by atoms with Gasteiger partial charge < -0.3 is 20.6 Å². The lowest BCUT2D eigenvalue weighted by Crippen LogP contribution is -2.42. The normalized spacial score (nSPS) is 16.7. The van der Waals surface area contributed by atoms with Gasteiger partial charge in [0.05, 0.1) is 16.9 Å². The van der Waals surface area contributed by atoms with Crippen LogP contribution in [0.1, 0.15) is 23.2 Å². The number of anilines is 2. The molecule has 1 heterocycles. The number of carboxylic acids is 1. The highest BCUT2D eigenvalue weighted by atomic mass is 19.1. The average Bonchev–Trinajstić information content (AvgIpc) is 2.40. The minimum absolute atomic E-state index is 0.312. The molecule has 20 heavy (non-hydrogen) atoms. The number of nitrogens with two attached hydrogens (primary N) is 1. The Kier molecular flexibility index (Phi) is 4.13. The van der Waals surface area contributed by atoms with Crippen LogP contribution >= 0.6 is 0 Å². The number of nitrogens with zero attached hydrogens (tertiary/aromatic N) is 2.